The maximum Gasteiger partial charge on any atom is 0.339 e. The van der Waals surface area contributed by atoms with Gasteiger partial charge in [0.25, 0.3) is 0 Å². The largest absolute Gasteiger partial charge is 0.465 e. The predicted molar refractivity (Wildman–Crippen MR) is 111 cm³/mol. The summed E-state index contributed by atoms with van der Waals surface area (Å²) in [6.45, 7) is 0. The molecule has 0 radical (unpaired) electrons. The fourth-order valence-corrected chi connectivity index (χ4v) is 6.48. The van der Waals surface area contributed by atoms with Gasteiger partial charge in [-0.15, -0.1) is 23.5 Å². The number of benzene rings is 2. The van der Waals surface area contributed by atoms with E-state index in [1.807, 2.05) is 35.7 Å². The lowest BCUT2D eigenvalue weighted by Crippen LogP contribution is -2.14. The van der Waals surface area contributed by atoms with Crippen molar-refractivity contribution in [2.24, 2.45) is 0 Å². The molecule has 0 amide bonds. The minimum atomic E-state index is -4.30. The number of thioether (sulfide) groups is 2. The van der Waals surface area contributed by atoms with E-state index in [0.717, 1.165) is 43.4 Å². The summed E-state index contributed by atoms with van der Waals surface area (Å²) in [6.07, 6.45) is 0. The monoisotopic (exact) mass is 454 g/mol. The van der Waals surface area contributed by atoms with Crippen molar-refractivity contribution in [3.8, 4) is 5.75 Å². The average Bonchev–Trinajstić information content (AvgIpc) is 3.27. The fourth-order valence-electron chi connectivity index (χ4n) is 2.62. The van der Waals surface area contributed by atoms with Gasteiger partial charge in [0.15, 0.2) is 0 Å². The van der Waals surface area contributed by atoms with Gasteiger partial charge in [0.05, 0.1) is 29.9 Å². The summed E-state index contributed by atoms with van der Waals surface area (Å²) in [6, 6.07) is 10.2. The molecule has 0 aliphatic carbocycles. The van der Waals surface area contributed by atoms with Crippen LogP contribution in [0.15, 0.2) is 47.4 Å². The van der Waals surface area contributed by atoms with Gasteiger partial charge in [0, 0.05) is 11.5 Å². The Labute approximate surface area is 177 Å². The van der Waals surface area contributed by atoms with Crippen molar-refractivity contribution >= 4 is 45.6 Å². The lowest BCUT2D eigenvalue weighted by Gasteiger charge is -2.12. The number of carbonyl (C=O) groups excluding carboxylic acids is 2. The highest BCUT2D eigenvalue weighted by Gasteiger charge is 2.23. The first kappa shape index (κ1) is 21.5. The fraction of sp³-hybridized carbons (Fsp3) is 0.263. The lowest BCUT2D eigenvalue weighted by molar-refractivity contribution is 0.0598. The van der Waals surface area contributed by atoms with E-state index in [4.69, 9.17) is 4.18 Å². The zero-order chi connectivity index (χ0) is 21.0. The lowest BCUT2D eigenvalue weighted by atomic mass is 10.1. The van der Waals surface area contributed by atoms with Crippen LogP contribution in [0.5, 0.6) is 5.75 Å². The standard InChI is InChI=1S/C19H18O7S3/c1-24-17(20)13-9-14(18(21)25-2)11-16(10-13)29(22,23)26-15-5-3-12(4-6-15)19-27-7-8-28-19/h3-6,9-11,19H,7-8H2,1-2H3. The van der Waals surface area contributed by atoms with Crippen LogP contribution in [0.4, 0.5) is 0 Å². The van der Waals surface area contributed by atoms with E-state index in [9.17, 15) is 18.0 Å². The van der Waals surface area contributed by atoms with Crippen LogP contribution in [0.1, 0.15) is 30.9 Å². The van der Waals surface area contributed by atoms with E-state index in [1.165, 1.54) is 6.07 Å². The highest BCUT2D eigenvalue weighted by atomic mass is 32.2. The van der Waals surface area contributed by atoms with Crippen molar-refractivity contribution in [1.82, 2.24) is 0 Å². The van der Waals surface area contributed by atoms with E-state index in [1.54, 1.807) is 12.1 Å². The van der Waals surface area contributed by atoms with Crippen LogP contribution in [0.3, 0.4) is 0 Å². The number of esters is 2. The first-order chi connectivity index (χ1) is 13.8. The average molecular weight is 455 g/mol. The van der Waals surface area contributed by atoms with Crippen LogP contribution in [0.25, 0.3) is 0 Å². The number of carbonyl (C=O) groups is 2. The molecule has 0 spiro atoms. The molecule has 0 saturated carbocycles. The van der Waals surface area contributed by atoms with Gasteiger partial charge in [0.2, 0.25) is 0 Å². The molecule has 29 heavy (non-hydrogen) atoms. The highest BCUT2D eigenvalue weighted by Crippen LogP contribution is 2.45. The Hall–Kier alpha value is -2.17. The summed E-state index contributed by atoms with van der Waals surface area (Å²) in [4.78, 5) is 23.4. The molecule has 1 saturated heterocycles. The third kappa shape index (κ3) is 5.06. The molecular formula is C19H18O7S3. The SMILES string of the molecule is COC(=O)c1cc(C(=O)OC)cc(S(=O)(=O)Oc2ccc(C3SCCS3)cc2)c1. The van der Waals surface area contributed by atoms with E-state index in [2.05, 4.69) is 9.47 Å². The van der Waals surface area contributed by atoms with Crippen LogP contribution < -0.4 is 4.18 Å². The van der Waals surface area contributed by atoms with Gasteiger partial charge in [-0.05, 0) is 35.9 Å². The van der Waals surface area contributed by atoms with Crippen LogP contribution in [-0.4, -0.2) is 46.1 Å². The molecule has 0 aromatic heterocycles. The Morgan fingerprint density at radius 3 is 1.90 bits per heavy atom. The van der Waals surface area contributed by atoms with Crippen LogP contribution in [-0.2, 0) is 19.6 Å². The van der Waals surface area contributed by atoms with Gasteiger partial charge in [-0.3, -0.25) is 0 Å². The first-order valence-corrected chi connectivity index (χ1v) is 11.9. The van der Waals surface area contributed by atoms with Gasteiger partial charge in [-0.1, -0.05) is 12.1 Å². The molecule has 0 atom stereocenters. The molecule has 1 heterocycles. The third-order valence-corrected chi connectivity index (χ3v) is 8.35. The van der Waals surface area contributed by atoms with E-state index >= 15 is 0 Å². The minimum Gasteiger partial charge on any atom is -0.465 e. The smallest absolute Gasteiger partial charge is 0.339 e. The van der Waals surface area contributed by atoms with Gasteiger partial charge in [-0.2, -0.15) is 8.42 Å². The Morgan fingerprint density at radius 2 is 1.41 bits per heavy atom. The van der Waals surface area contributed by atoms with Crippen molar-refractivity contribution in [2.45, 2.75) is 9.48 Å². The third-order valence-electron chi connectivity index (χ3n) is 4.02. The Kier molecular flexibility index (Phi) is 6.76. The molecule has 3 rings (SSSR count). The van der Waals surface area contributed by atoms with Crippen molar-refractivity contribution in [3.05, 3.63) is 59.2 Å². The zero-order valence-electron chi connectivity index (χ0n) is 15.6. The van der Waals surface area contributed by atoms with Crippen LogP contribution >= 0.6 is 23.5 Å². The number of hydrogen-bond acceptors (Lipinski definition) is 9. The molecule has 154 valence electrons. The number of methoxy groups -OCH3 is 2. The Bertz CT molecular complexity index is 976. The molecule has 1 aliphatic rings. The zero-order valence-corrected chi connectivity index (χ0v) is 18.1. The molecule has 10 heteroatoms. The van der Waals surface area contributed by atoms with Gasteiger partial charge >= 0.3 is 22.1 Å². The maximum atomic E-state index is 12.7. The van der Waals surface area contributed by atoms with Crippen molar-refractivity contribution in [1.29, 1.82) is 0 Å². The summed E-state index contributed by atoms with van der Waals surface area (Å²) in [5, 5.41) is 0. The molecule has 1 aliphatic heterocycles. The van der Waals surface area contributed by atoms with E-state index in [-0.39, 0.29) is 21.8 Å². The Balaban J connectivity index is 1.89. The summed E-state index contributed by atoms with van der Waals surface area (Å²) in [5.74, 6) is 0.721. The van der Waals surface area contributed by atoms with Crippen molar-refractivity contribution in [2.75, 3.05) is 25.7 Å². The molecule has 0 bridgehead atoms. The van der Waals surface area contributed by atoms with Crippen LogP contribution in [0.2, 0.25) is 0 Å². The second-order valence-electron chi connectivity index (χ2n) is 5.91. The van der Waals surface area contributed by atoms with Gasteiger partial charge in [-0.25, -0.2) is 9.59 Å². The number of hydrogen-bond donors (Lipinski definition) is 0. The number of ether oxygens (including phenoxy) is 2. The highest BCUT2D eigenvalue weighted by molar-refractivity contribution is 8.19. The van der Waals surface area contributed by atoms with Crippen molar-refractivity contribution in [3.63, 3.8) is 0 Å². The topological polar surface area (TPSA) is 96.0 Å². The van der Waals surface area contributed by atoms with Gasteiger partial charge in [0.1, 0.15) is 10.6 Å². The predicted octanol–water partition coefficient (Wildman–Crippen LogP) is 3.51. The Morgan fingerprint density at radius 1 is 0.897 bits per heavy atom. The first-order valence-electron chi connectivity index (χ1n) is 8.43. The second-order valence-corrected chi connectivity index (χ2v) is 10.2. The summed E-state index contributed by atoms with van der Waals surface area (Å²) in [7, 11) is -1.99. The van der Waals surface area contributed by atoms with Gasteiger partial charge < -0.3 is 13.7 Å². The molecule has 1 fully saturated rings. The second kappa shape index (κ2) is 9.10. The summed E-state index contributed by atoms with van der Waals surface area (Å²) >= 11 is 3.68. The van der Waals surface area contributed by atoms with E-state index in [0.29, 0.717) is 4.58 Å². The molecular weight excluding hydrogens is 436 g/mol. The van der Waals surface area contributed by atoms with E-state index < -0.39 is 22.1 Å². The summed E-state index contributed by atoms with van der Waals surface area (Å²) in [5.41, 5.74) is 0.870. The quantitative estimate of drug-likeness (QED) is 0.480. The molecule has 2 aromatic carbocycles. The number of rotatable bonds is 6. The maximum absolute atomic E-state index is 12.7. The molecule has 0 N–H and O–H groups in total. The minimum absolute atomic E-state index is 0.108. The molecule has 0 unspecified atom stereocenters. The van der Waals surface area contributed by atoms with Crippen LogP contribution in [0, 0.1) is 0 Å². The molecule has 2 aromatic rings. The van der Waals surface area contributed by atoms with Crippen molar-refractivity contribution < 1.29 is 31.7 Å². The normalized spacial score (nSPS) is 14.4. The summed E-state index contributed by atoms with van der Waals surface area (Å²) < 4.78 is 40.2. The molecule has 7 nitrogen and oxygen atoms in total.